The SMILES string of the molecule is C[C@@H](O)[C@@H]1C(=O)N2C(C(=O)[O-])=C(c3ccc(Cn4cnnc4)cc3)C[C@H]12.[Na+]. The second-order valence-electron chi connectivity index (χ2n) is 6.69. The van der Waals surface area contributed by atoms with E-state index < -0.39 is 18.0 Å². The van der Waals surface area contributed by atoms with E-state index in [-0.39, 0.29) is 47.2 Å². The van der Waals surface area contributed by atoms with Crippen molar-refractivity contribution in [3.8, 4) is 0 Å². The van der Waals surface area contributed by atoms with Crippen LogP contribution in [0.2, 0.25) is 0 Å². The number of aliphatic hydroxyl groups excluding tert-OH is 1. The number of aliphatic hydroxyl groups is 1. The Morgan fingerprint density at radius 1 is 1.30 bits per heavy atom. The largest absolute Gasteiger partial charge is 1.00 e. The van der Waals surface area contributed by atoms with Crippen LogP contribution in [0.5, 0.6) is 0 Å². The molecular formula is C18H17N4NaO4. The number of hydrogen-bond acceptors (Lipinski definition) is 6. The van der Waals surface area contributed by atoms with Gasteiger partial charge >= 0.3 is 29.6 Å². The molecule has 2 aromatic rings. The Labute approximate surface area is 177 Å². The number of benzene rings is 1. The number of hydrogen-bond donors (Lipinski definition) is 1. The zero-order valence-electron chi connectivity index (χ0n) is 15.1. The number of rotatable bonds is 5. The Balaban J connectivity index is 0.00000210. The predicted octanol–water partition coefficient (Wildman–Crippen LogP) is -3.60. The number of carbonyl (C=O) groups is 2. The fourth-order valence-corrected chi connectivity index (χ4v) is 3.84. The van der Waals surface area contributed by atoms with E-state index in [0.717, 1.165) is 11.1 Å². The van der Waals surface area contributed by atoms with Gasteiger partial charge in [-0.05, 0) is 30.0 Å². The van der Waals surface area contributed by atoms with Crippen molar-refractivity contribution in [3.05, 3.63) is 53.7 Å². The molecule has 8 nitrogen and oxygen atoms in total. The minimum atomic E-state index is -1.37. The van der Waals surface area contributed by atoms with Crippen LogP contribution in [0.3, 0.4) is 0 Å². The van der Waals surface area contributed by atoms with E-state index in [0.29, 0.717) is 18.5 Å². The van der Waals surface area contributed by atoms with E-state index >= 15 is 0 Å². The number of carbonyl (C=O) groups excluding carboxylic acids is 2. The Morgan fingerprint density at radius 2 is 1.93 bits per heavy atom. The Hall–Kier alpha value is -2.00. The molecule has 1 saturated heterocycles. The molecule has 2 aliphatic heterocycles. The molecule has 3 heterocycles. The summed E-state index contributed by atoms with van der Waals surface area (Å²) >= 11 is 0. The number of aromatic nitrogens is 3. The van der Waals surface area contributed by atoms with Gasteiger partial charge in [-0.25, -0.2) is 0 Å². The van der Waals surface area contributed by atoms with Crippen LogP contribution in [-0.2, 0) is 16.1 Å². The maximum absolute atomic E-state index is 12.2. The van der Waals surface area contributed by atoms with Crippen molar-refractivity contribution >= 4 is 17.4 Å². The van der Waals surface area contributed by atoms with Crippen molar-refractivity contribution in [2.24, 2.45) is 5.92 Å². The molecule has 1 fully saturated rings. The summed E-state index contributed by atoms with van der Waals surface area (Å²) in [6.45, 7) is 2.16. The van der Waals surface area contributed by atoms with Crippen molar-refractivity contribution in [1.29, 1.82) is 0 Å². The summed E-state index contributed by atoms with van der Waals surface area (Å²) in [6, 6.07) is 7.16. The van der Waals surface area contributed by atoms with Crippen LogP contribution in [0.1, 0.15) is 24.5 Å². The fourth-order valence-electron chi connectivity index (χ4n) is 3.84. The summed E-state index contributed by atoms with van der Waals surface area (Å²) in [6.07, 6.45) is 2.83. The first-order valence-corrected chi connectivity index (χ1v) is 8.34. The van der Waals surface area contributed by atoms with Crippen molar-refractivity contribution in [1.82, 2.24) is 19.7 Å². The van der Waals surface area contributed by atoms with Crippen LogP contribution >= 0.6 is 0 Å². The number of nitrogens with zero attached hydrogens (tertiary/aromatic N) is 4. The van der Waals surface area contributed by atoms with Crippen LogP contribution in [0.4, 0.5) is 0 Å². The van der Waals surface area contributed by atoms with Crippen LogP contribution in [0, 0.1) is 5.92 Å². The normalized spacial score (nSPS) is 22.1. The fraction of sp³-hybridized carbons (Fsp3) is 0.333. The van der Waals surface area contributed by atoms with Crippen LogP contribution in [0.25, 0.3) is 5.57 Å². The molecule has 4 rings (SSSR count). The zero-order valence-corrected chi connectivity index (χ0v) is 17.1. The molecule has 1 amide bonds. The molecule has 0 unspecified atom stereocenters. The molecule has 27 heavy (non-hydrogen) atoms. The quantitative estimate of drug-likeness (QED) is 0.426. The third-order valence-electron chi connectivity index (χ3n) is 5.06. The predicted molar refractivity (Wildman–Crippen MR) is 87.9 cm³/mol. The molecule has 3 atom stereocenters. The third-order valence-corrected chi connectivity index (χ3v) is 5.06. The maximum Gasteiger partial charge on any atom is 1.00 e. The van der Waals surface area contributed by atoms with E-state index in [1.807, 2.05) is 28.8 Å². The molecule has 9 heteroatoms. The first-order valence-electron chi connectivity index (χ1n) is 8.34. The van der Waals surface area contributed by atoms with Gasteiger partial charge in [-0.15, -0.1) is 10.2 Å². The molecule has 1 aromatic heterocycles. The average Bonchev–Trinajstić information content (AvgIpc) is 3.21. The van der Waals surface area contributed by atoms with E-state index in [1.165, 1.54) is 4.90 Å². The standard InChI is InChI=1S/C18H18N4O4.Na/c1-10(23)15-14-6-13(16(18(25)26)22(14)17(15)24)12-4-2-11(3-5-12)7-21-8-19-20-9-21;/h2-5,8-10,14-15,23H,6-7H2,1H3,(H,25,26);/q;+1/p-1/t10-,14-,15+;/m1./s1. The number of amides is 1. The zero-order chi connectivity index (χ0) is 18.4. The second kappa shape index (κ2) is 7.55. The molecule has 0 bridgehead atoms. The number of aliphatic carboxylic acids is 1. The van der Waals surface area contributed by atoms with Gasteiger partial charge in [0, 0.05) is 6.54 Å². The van der Waals surface area contributed by atoms with Crippen LogP contribution in [0.15, 0.2) is 42.6 Å². The minimum absolute atomic E-state index is 0. The van der Waals surface area contributed by atoms with Crippen molar-refractivity contribution < 1.29 is 49.4 Å². The van der Waals surface area contributed by atoms with Crippen molar-refractivity contribution in [2.75, 3.05) is 0 Å². The first kappa shape index (κ1) is 19.8. The van der Waals surface area contributed by atoms with Gasteiger partial charge in [0.1, 0.15) is 12.7 Å². The van der Waals surface area contributed by atoms with Crippen LogP contribution < -0.4 is 34.7 Å². The maximum atomic E-state index is 12.2. The van der Waals surface area contributed by atoms with Crippen molar-refractivity contribution in [3.63, 3.8) is 0 Å². The van der Waals surface area contributed by atoms with Gasteiger partial charge in [0.05, 0.1) is 29.7 Å². The summed E-state index contributed by atoms with van der Waals surface area (Å²) in [5.41, 5.74) is 2.25. The average molecular weight is 376 g/mol. The second-order valence-corrected chi connectivity index (χ2v) is 6.69. The van der Waals surface area contributed by atoms with E-state index in [9.17, 15) is 19.8 Å². The van der Waals surface area contributed by atoms with Gasteiger partial charge in [0.25, 0.3) is 0 Å². The van der Waals surface area contributed by atoms with E-state index in [2.05, 4.69) is 10.2 Å². The third kappa shape index (κ3) is 3.34. The summed E-state index contributed by atoms with van der Waals surface area (Å²) < 4.78 is 1.83. The van der Waals surface area contributed by atoms with Crippen molar-refractivity contribution in [2.45, 2.75) is 32.0 Å². The molecule has 1 aromatic carbocycles. The molecule has 134 valence electrons. The Kier molecular flexibility index (Phi) is 5.53. The molecular weight excluding hydrogens is 359 g/mol. The Bertz CT molecular complexity index is 893. The van der Waals surface area contributed by atoms with Gasteiger partial charge < -0.3 is 24.5 Å². The van der Waals surface area contributed by atoms with Gasteiger partial charge in [0.2, 0.25) is 5.91 Å². The number of carboxylic acid groups (broad SMARTS) is 1. The molecule has 0 saturated carbocycles. The van der Waals surface area contributed by atoms with E-state index in [4.69, 9.17) is 0 Å². The molecule has 2 aliphatic rings. The van der Waals surface area contributed by atoms with Crippen LogP contribution in [-0.4, -0.2) is 48.8 Å². The number of fused-ring (bicyclic) bond motifs is 1. The first-order chi connectivity index (χ1) is 12.5. The summed E-state index contributed by atoms with van der Waals surface area (Å²) in [5.74, 6) is -2.29. The van der Waals surface area contributed by atoms with Gasteiger partial charge in [-0.3, -0.25) is 4.79 Å². The Morgan fingerprint density at radius 3 is 2.48 bits per heavy atom. The molecule has 0 radical (unpaired) electrons. The molecule has 0 aliphatic carbocycles. The summed E-state index contributed by atoms with van der Waals surface area (Å²) in [5, 5.41) is 28.9. The summed E-state index contributed by atoms with van der Waals surface area (Å²) in [4.78, 5) is 25.1. The monoisotopic (exact) mass is 376 g/mol. The summed E-state index contributed by atoms with van der Waals surface area (Å²) in [7, 11) is 0. The van der Waals surface area contributed by atoms with E-state index in [1.54, 1.807) is 19.6 Å². The molecule has 1 N–H and O–H groups in total. The van der Waals surface area contributed by atoms with Gasteiger partial charge in [-0.2, -0.15) is 0 Å². The number of carboxylic acids is 1. The van der Waals surface area contributed by atoms with Gasteiger partial charge in [0.15, 0.2) is 0 Å². The molecule has 0 spiro atoms. The number of β-lactam (4-membered cyclic amide) rings is 1. The smallest absolute Gasteiger partial charge is 0.543 e. The topological polar surface area (TPSA) is 111 Å². The minimum Gasteiger partial charge on any atom is -0.543 e. The van der Waals surface area contributed by atoms with Gasteiger partial charge in [-0.1, -0.05) is 24.3 Å².